The van der Waals surface area contributed by atoms with Crippen molar-refractivity contribution in [3.8, 4) is 11.5 Å². The smallest absolute Gasteiger partial charge is 0.251 e. The summed E-state index contributed by atoms with van der Waals surface area (Å²) < 4.78 is 10.9. The number of aromatic nitrogens is 1. The lowest BCUT2D eigenvalue weighted by Gasteiger charge is -2.08. The highest BCUT2D eigenvalue weighted by atomic mass is 32.1. The van der Waals surface area contributed by atoms with Gasteiger partial charge in [-0.05, 0) is 61.7 Å². The second-order valence-electron chi connectivity index (χ2n) is 6.38. The standard InChI is InChI=1S/C22H24N2O3S/c1-16-24-19(15-28-16)14-27-21-11-7-18(8-12-21)22(25)23-13-3-4-17-5-9-20(26-2)10-6-17/h5-12,15H,3-4,13-14H2,1-2H3,(H,23,25). The van der Waals surface area contributed by atoms with Gasteiger partial charge >= 0.3 is 0 Å². The number of nitrogens with one attached hydrogen (secondary N) is 1. The molecule has 28 heavy (non-hydrogen) atoms. The van der Waals surface area contributed by atoms with E-state index >= 15 is 0 Å². The summed E-state index contributed by atoms with van der Waals surface area (Å²) in [6.07, 6.45) is 1.79. The summed E-state index contributed by atoms with van der Waals surface area (Å²) in [5.41, 5.74) is 2.77. The summed E-state index contributed by atoms with van der Waals surface area (Å²) in [5.74, 6) is 1.50. The van der Waals surface area contributed by atoms with E-state index in [2.05, 4.69) is 10.3 Å². The second-order valence-corrected chi connectivity index (χ2v) is 7.44. The van der Waals surface area contributed by atoms with E-state index < -0.39 is 0 Å². The van der Waals surface area contributed by atoms with E-state index in [0.717, 1.165) is 35.0 Å². The van der Waals surface area contributed by atoms with Gasteiger partial charge in [-0.2, -0.15) is 0 Å². The van der Waals surface area contributed by atoms with Gasteiger partial charge in [0.2, 0.25) is 0 Å². The predicted octanol–water partition coefficient (Wildman–Crippen LogP) is 4.40. The molecule has 1 aromatic heterocycles. The van der Waals surface area contributed by atoms with Crippen molar-refractivity contribution < 1.29 is 14.3 Å². The third-order valence-corrected chi connectivity index (χ3v) is 5.08. The fraction of sp³-hybridized carbons (Fsp3) is 0.273. The van der Waals surface area contributed by atoms with Crippen LogP contribution in [0, 0.1) is 6.92 Å². The molecule has 0 unspecified atom stereocenters. The van der Waals surface area contributed by atoms with Gasteiger partial charge in [0.15, 0.2) is 0 Å². The molecule has 0 aliphatic heterocycles. The number of ether oxygens (including phenoxy) is 2. The zero-order chi connectivity index (χ0) is 19.8. The van der Waals surface area contributed by atoms with Crippen LogP contribution in [-0.4, -0.2) is 24.5 Å². The summed E-state index contributed by atoms with van der Waals surface area (Å²) in [7, 11) is 1.66. The third-order valence-electron chi connectivity index (χ3n) is 4.26. The molecule has 1 amide bonds. The molecule has 5 nitrogen and oxygen atoms in total. The summed E-state index contributed by atoms with van der Waals surface area (Å²) in [5, 5.41) is 5.97. The van der Waals surface area contributed by atoms with Crippen molar-refractivity contribution in [3.05, 3.63) is 75.7 Å². The number of carbonyl (C=O) groups excluding carboxylic acids is 1. The average Bonchev–Trinajstić information content (AvgIpc) is 3.15. The second kappa shape index (κ2) is 9.90. The molecule has 0 saturated carbocycles. The molecule has 3 aromatic rings. The van der Waals surface area contributed by atoms with E-state index in [4.69, 9.17) is 9.47 Å². The maximum absolute atomic E-state index is 12.3. The van der Waals surface area contributed by atoms with Crippen LogP contribution in [0.5, 0.6) is 11.5 Å². The first-order valence-corrected chi connectivity index (χ1v) is 10.1. The Bertz CT molecular complexity index is 889. The number of aryl methyl sites for hydroxylation is 2. The third kappa shape index (κ3) is 5.82. The number of methoxy groups -OCH3 is 1. The average molecular weight is 397 g/mol. The van der Waals surface area contributed by atoms with E-state index in [1.165, 1.54) is 5.56 Å². The summed E-state index contributed by atoms with van der Waals surface area (Å²) in [4.78, 5) is 16.6. The Balaban J connectivity index is 1.40. The Morgan fingerprint density at radius 2 is 1.79 bits per heavy atom. The molecular formula is C22H24N2O3S. The first-order chi connectivity index (χ1) is 13.6. The van der Waals surface area contributed by atoms with Gasteiger partial charge in [0.25, 0.3) is 5.91 Å². The van der Waals surface area contributed by atoms with Crippen molar-refractivity contribution in [2.75, 3.05) is 13.7 Å². The van der Waals surface area contributed by atoms with Crippen molar-refractivity contribution >= 4 is 17.2 Å². The van der Waals surface area contributed by atoms with E-state index in [1.54, 1.807) is 30.6 Å². The topological polar surface area (TPSA) is 60.5 Å². The van der Waals surface area contributed by atoms with Crippen LogP contribution in [0.25, 0.3) is 0 Å². The van der Waals surface area contributed by atoms with Gasteiger partial charge in [0.05, 0.1) is 17.8 Å². The monoisotopic (exact) mass is 396 g/mol. The minimum absolute atomic E-state index is 0.0728. The van der Waals surface area contributed by atoms with Gasteiger partial charge in [-0.1, -0.05) is 12.1 Å². The number of hydrogen-bond donors (Lipinski definition) is 1. The first kappa shape index (κ1) is 19.9. The minimum atomic E-state index is -0.0728. The maximum Gasteiger partial charge on any atom is 0.251 e. The van der Waals surface area contributed by atoms with Crippen molar-refractivity contribution in [2.45, 2.75) is 26.4 Å². The van der Waals surface area contributed by atoms with Gasteiger partial charge in [-0.3, -0.25) is 4.79 Å². The van der Waals surface area contributed by atoms with Crippen LogP contribution >= 0.6 is 11.3 Å². The molecule has 1 N–H and O–H groups in total. The highest BCUT2D eigenvalue weighted by Crippen LogP contribution is 2.16. The Labute approximate surface area is 169 Å². The summed E-state index contributed by atoms with van der Waals surface area (Å²) in [6, 6.07) is 15.2. The molecule has 0 radical (unpaired) electrons. The molecule has 6 heteroatoms. The van der Waals surface area contributed by atoms with E-state index in [9.17, 15) is 4.79 Å². The molecule has 1 heterocycles. The molecule has 0 saturated heterocycles. The maximum atomic E-state index is 12.3. The van der Waals surface area contributed by atoms with Crippen LogP contribution in [0.2, 0.25) is 0 Å². The molecule has 0 aliphatic carbocycles. The number of carbonyl (C=O) groups is 1. The fourth-order valence-corrected chi connectivity index (χ4v) is 3.32. The Morgan fingerprint density at radius 3 is 2.43 bits per heavy atom. The lowest BCUT2D eigenvalue weighted by atomic mass is 10.1. The number of thiazole rings is 1. The summed E-state index contributed by atoms with van der Waals surface area (Å²) in [6.45, 7) is 3.03. The molecule has 0 aliphatic rings. The lowest BCUT2D eigenvalue weighted by Crippen LogP contribution is -2.24. The molecular weight excluding hydrogens is 372 g/mol. The molecule has 0 bridgehead atoms. The number of amides is 1. The molecule has 0 spiro atoms. The highest BCUT2D eigenvalue weighted by Gasteiger charge is 2.06. The number of hydrogen-bond acceptors (Lipinski definition) is 5. The predicted molar refractivity (Wildman–Crippen MR) is 111 cm³/mol. The molecule has 3 rings (SSSR count). The van der Waals surface area contributed by atoms with Gasteiger partial charge < -0.3 is 14.8 Å². The van der Waals surface area contributed by atoms with E-state index in [-0.39, 0.29) is 5.91 Å². The Morgan fingerprint density at radius 1 is 1.07 bits per heavy atom. The first-order valence-electron chi connectivity index (χ1n) is 9.19. The largest absolute Gasteiger partial charge is 0.497 e. The van der Waals surface area contributed by atoms with Gasteiger partial charge in [-0.15, -0.1) is 11.3 Å². The van der Waals surface area contributed by atoms with Crippen LogP contribution in [-0.2, 0) is 13.0 Å². The van der Waals surface area contributed by atoms with Crippen molar-refractivity contribution in [2.24, 2.45) is 0 Å². The zero-order valence-electron chi connectivity index (χ0n) is 16.1. The quantitative estimate of drug-likeness (QED) is 0.545. The molecule has 146 valence electrons. The minimum Gasteiger partial charge on any atom is -0.497 e. The lowest BCUT2D eigenvalue weighted by molar-refractivity contribution is 0.0953. The summed E-state index contributed by atoms with van der Waals surface area (Å²) >= 11 is 1.61. The van der Waals surface area contributed by atoms with Crippen LogP contribution in [0.1, 0.15) is 33.0 Å². The normalized spacial score (nSPS) is 10.5. The molecule has 0 atom stereocenters. The highest BCUT2D eigenvalue weighted by molar-refractivity contribution is 7.09. The van der Waals surface area contributed by atoms with Gasteiger partial charge in [0.1, 0.15) is 18.1 Å². The zero-order valence-corrected chi connectivity index (χ0v) is 16.9. The van der Waals surface area contributed by atoms with Crippen molar-refractivity contribution in [1.29, 1.82) is 0 Å². The Hall–Kier alpha value is -2.86. The van der Waals surface area contributed by atoms with Crippen molar-refractivity contribution in [3.63, 3.8) is 0 Å². The number of rotatable bonds is 9. The molecule has 2 aromatic carbocycles. The van der Waals surface area contributed by atoms with E-state index in [0.29, 0.717) is 18.7 Å². The fourth-order valence-electron chi connectivity index (χ4n) is 2.72. The molecule has 0 fully saturated rings. The Kier molecular flexibility index (Phi) is 7.03. The SMILES string of the molecule is COc1ccc(CCCNC(=O)c2ccc(OCc3csc(C)n3)cc2)cc1. The van der Waals surface area contributed by atoms with Gasteiger partial charge in [-0.25, -0.2) is 4.98 Å². The van der Waals surface area contributed by atoms with Crippen LogP contribution in [0.3, 0.4) is 0 Å². The number of benzene rings is 2. The van der Waals surface area contributed by atoms with Crippen LogP contribution in [0.4, 0.5) is 0 Å². The van der Waals surface area contributed by atoms with Crippen LogP contribution in [0.15, 0.2) is 53.9 Å². The van der Waals surface area contributed by atoms with Gasteiger partial charge in [0, 0.05) is 17.5 Å². The number of nitrogens with zero attached hydrogens (tertiary/aromatic N) is 1. The van der Waals surface area contributed by atoms with Crippen LogP contribution < -0.4 is 14.8 Å². The van der Waals surface area contributed by atoms with E-state index in [1.807, 2.05) is 48.7 Å². The van der Waals surface area contributed by atoms with Crippen molar-refractivity contribution in [1.82, 2.24) is 10.3 Å².